The van der Waals surface area contributed by atoms with E-state index in [0.717, 1.165) is 25.1 Å². The number of carbonyl (C=O) groups is 2. The molecule has 28 heavy (non-hydrogen) atoms. The van der Waals surface area contributed by atoms with Crippen molar-refractivity contribution in [3.05, 3.63) is 47.3 Å². The zero-order valence-corrected chi connectivity index (χ0v) is 16.4. The Hall–Kier alpha value is -2.67. The largest absolute Gasteiger partial charge is 0.351 e. The van der Waals surface area contributed by atoms with E-state index < -0.39 is 0 Å². The van der Waals surface area contributed by atoms with E-state index in [4.69, 9.17) is 4.52 Å². The summed E-state index contributed by atoms with van der Waals surface area (Å²) in [6.45, 7) is 7.02. The lowest BCUT2D eigenvalue weighted by atomic mass is 10.0. The molecule has 0 spiro atoms. The number of anilines is 1. The van der Waals surface area contributed by atoms with E-state index in [2.05, 4.69) is 16.1 Å². The Labute approximate surface area is 164 Å². The second kappa shape index (κ2) is 7.75. The number of carbonyl (C=O) groups excluding carboxylic acids is 2. The first-order chi connectivity index (χ1) is 13.5. The smallest absolute Gasteiger partial charge is 0.292 e. The Balaban J connectivity index is 1.38. The molecular weight excluding hydrogens is 356 g/mol. The fraction of sp³-hybridized carbons (Fsp3) is 0.476. The number of rotatable bonds is 3. The van der Waals surface area contributed by atoms with Crippen LogP contribution in [0.4, 0.5) is 5.69 Å². The second-order valence-corrected chi connectivity index (χ2v) is 7.56. The minimum atomic E-state index is -0.212. The van der Waals surface area contributed by atoms with Crippen molar-refractivity contribution in [2.75, 3.05) is 37.6 Å². The Kier molecular flexibility index (Phi) is 5.17. The maximum atomic E-state index is 13.2. The van der Waals surface area contributed by atoms with E-state index in [-0.39, 0.29) is 23.6 Å². The zero-order valence-electron chi connectivity index (χ0n) is 16.4. The zero-order chi connectivity index (χ0) is 19.7. The van der Waals surface area contributed by atoms with E-state index in [1.54, 1.807) is 17.9 Å². The quantitative estimate of drug-likeness (QED) is 0.813. The molecule has 1 aromatic carbocycles. The van der Waals surface area contributed by atoms with Crippen molar-refractivity contribution in [2.24, 2.45) is 0 Å². The van der Waals surface area contributed by atoms with Gasteiger partial charge in [-0.1, -0.05) is 23.4 Å². The first-order valence-electron chi connectivity index (χ1n) is 9.90. The summed E-state index contributed by atoms with van der Waals surface area (Å²) < 4.78 is 5.09. The highest BCUT2D eigenvalue weighted by Gasteiger charge is 2.32. The number of hydrogen-bond acceptors (Lipinski definition) is 5. The number of aryl methyl sites for hydroxylation is 2. The summed E-state index contributed by atoms with van der Waals surface area (Å²) in [7, 11) is 0. The Morgan fingerprint density at radius 3 is 2.57 bits per heavy atom. The van der Waals surface area contributed by atoms with Gasteiger partial charge in [0, 0.05) is 44.5 Å². The molecule has 7 heteroatoms. The molecule has 1 unspecified atom stereocenters. The van der Waals surface area contributed by atoms with E-state index in [1.165, 1.54) is 5.56 Å². The third-order valence-electron chi connectivity index (χ3n) is 5.72. The minimum absolute atomic E-state index is 0.135. The summed E-state index contributed by atoms with van der Waals surface area (Å²) in [5.74, 6) is 0.280. The Morgan fingerprint density at radius 1 is 1.11 bits per heavy atom. The van der Waals surface area contributed by atoms with Crippen LogP contribution in [-0.2, 0) is 11.2 Å². The Morgan fingerprint density at radius 2 is 1.86 bits per heavy atom. The number of para-hydroxylation sites is 1. The van der Waals surface area contributed by atoms with E-state index in [1.807, 2.05) is 30.0 Å². The van der Waals surface area contributed by atoms with Crippen LogP contribution in [0.25, 0.3) is 0 Å². The number of amides is 2. The Bertz CT molecular complexity index is 870. The topological polar surface area (TPSA) is 69.9 Å². The molecule has 1 saturated heterocycles. The van der Waals surface area contributed by atoms with Crippen LogP contribution in [0.3, 0.4) is 0 Å². The molecule has 2 aliphatic heterocycles. The molecule has 0 saturated carbocycles. The van der Waals surface area contributed by atoms with E-state index in [9.17, 15) is 9.59 Å². The predicted octanol–water partition coefficient (Wildman–Crippen LogP) is 2.11. The third kappa shape index (κ3) is 3.54. The highest BCUT2D eigenvalue weighted by molar-refractivity contribution is 5.98. The molecule has 1 fully saturated rings. The number of piperazine rings is 1. The molecule has 1 atom stereocenters. The lowest BCUT2D eigenvalue weighted by Gasteiger charge is -2.39. The molecule has 0 N–H and O–H groups in total. The fourth-order valence-electron chi connectivity index (χ4n) is 4.08. The van der Waals surface area contributed by atoms with Gasteiger partial charge in [-0.25, -0.2) is 0 Å². The van der Waals surface area contributed by atoms with Gasteiger partial charge >= 0.3 is 0 Å². The van der Waals surface area contributed by atoms with Gasteiger partial charge < -0.3 is 14.3 Å². The predicted molar refractivity (Wildman–Crippen MR) is 105 cm³/mol. The monoisotopic (exact) mass is 382 g/mol. The number of hydrogen-bond donors (Lipinski definition) is 0. The normalized spacial score (nSPS) is 18.6. The molecule has 0 bridgehead atoms. The molecular formula is C21H26N4O3. The van der Waals surface area contributed by atoms with E-state index >= 15 is 0 Å². The lowest BCUT2D eigenvalue weighted by Crippen LogP contribution is -2.56. The summed E-state index contributed by atoms with van der Waals surface area (Å²) in [6.07, 6.45) is 2.02. The van der Waals surface area contributed by atoms with Crippen LogP contribution < -0.4 is 4.90 Å². The maximum Gasteiger partial charge on any atom is 0.292 e. The summed E-state index contributed by atoms with van der Waals surface area (Å²) in [6, 6.07) is 9.61. The van der Waals surface area contributed by atoms with Crippen molar-refractivity contribution in [2.45, 2.75) is 32.7 Å². The van der Waals surface area contributed by atoms with Gasteiger partial charge in [0.2, 0.25) is 11.7 Å². The summed E-state index contributed by atoms with van der Waals surface area (Å²) in [4.78, 5) is 31.5. The van der Waals surface area contributed by atoms with Crippen LogP contribution in [0.2, 0.25) is 0 Å². The lowest BCUT2D eigenvalue weighted by molar-refractivity contribution is -0.123. The molecule has 1 aromatic heterocycles. The van der Waals surface area contributed by atoms with Crippen molar-refractivity contribution < 1.29 is 14.1 Å². The number of fused-ring (bicyclic) bond motifs is 1. The average molecular weight is 382 g/mol. The van der Waals surface area contributed by atoms with Crippen LogP contribution in [0.5, 0.6) is 0 Å². The average Bonchev–Trinajstić information content (AvgIpc) is 3.18. The standard InChI is InChI=1S/C21H26N4O3/c1-15-14-19(28-22-15)21(27)24-12-10-23(11-13-24)16(2)20(26)25-9-5-7-17-6-3-4-8-18(17)25/h3-4,6,8,14,16H,5,7,9-13H2,1-2H3. The van der Waals surface area contributed by atoms with Crippen LogP contribution in [0, 0.1) is 6.92 Å². The van der Waals surface area contributed by atoms with Gasteiger partial charge in [-0.05, 0) is 38.3 Å². The first kappa shape index (κ1) is 18.7. The highest BCUT2D eigenvalue weighted by Crippen LogP contribution is 2.28. The van der Waals surface area contributed by atoms with Crippen molar-refractivity contribution >= 4 is 17.5 Å². The molecule has 2 amide bonds. The molecule has 2 aromatic rings. The summed E-state index contributed by atoms with van der Waals surface area (Å²) in [5.41, 5.74) is 2.98. The molecule has 3 heterocycles. The molecule has 7 nitrogen and oxygen atoms in total. The van der Waals surface area contributed by atoms with Crippen molar-refractivity contribution in [3.8, 4) is 0 Å². The van der Waals surface area contributed by atoms with Gasteiger partial charge in [0.25, 0.3) is 5.91 Å². The van der Waals surface area contributed by atoms with Crippen LogP contribution >= 0.6 is 0 Å². The number of benzene rings is 1. The van der Waals surface area contributed by atoms with Crippen molar-refractivity contribution in [3.63, 3.8) is 0 Å². The fourth-order valence-corrected chi connectivity index (χ4v) is 4.08. The van der Waals surface area contributed by atoms with Gasteiger partial charge in [-0.3, -0.25) is 14.5 Å². The van der Waals surface area contributed by atoms with Gasteiger partial charge in [0.15, 0.2) is 0 Å². The summed E-state index contributed by atoms with van der Waals surface area (Å²) >= 11 is 0. The third-order valence-corrected chi connectivity index (χ3v) is 5.72. The van der Waals surface area contributed by atoms with Crippen LogP contribution in [0.1, 0.15) is 35.2 Å². The molecule has 2 aliphatic rings. The van der Waals surface area contributed by atoms with Gasteiger partial charge in [-0.15, -0.1) is 0 Å². The van der Waals surface area contributed by atoms with Crippen LogP contribution in [-0.4, -0.2) is 65.5 Å². The van der Waals surface area contributed by atoms with E-state index in [0.29, 0.717) is 31.9 Å². The molecule has 4 rings (SSSR count). The SMILES string of the molecule is Cc1cc(C(=O)N2CCN(C(C)C(=O)N3CCCc4ccccc43)CC2)on1. The second-order valence-electron chi connectivity index (χ2n) is 7.56. The van der Waals surface area contributed by atoms with Gasteiger partial charge in [0.1, 0.15) is 0 Å². The first-order valence-corrected chi connectivity index (χ1v) is 9.90. The highest BCUT2D eigenvalue weighted by atomic mass is 16.5. The molecule has 148 valence electrons. The number of aromatic nitrogens is 1. The van der Waals surface area contributed by atoms with Crippen molar-refractivity contribution in [1.29, 1.82) is 0 Å². The maximum absolute atomic E-state index is 13.2. The molecule has 0 radical (unpaired) electrons. The molecule has 0 aliphatic carbocycles. The number of nitrogens with zero attached hydrogens (tertiary/aromatic N) is 4. The van der Waals surface area contributed by atoms with Crippen molar-refractivity contribution in [1.82, 2.24) is 15.0 Å². The minimum Gasteiger partial charge on any atom is -0.351 e. The van der Waals surface area contributed by atoms with Crippen LogP contribution in [0.15, 0.2) is 34.9 Å². The van der Waals surface area contributed by atoms with Gasteiger partial charge in [-0.2, -0.15) is 0 Å². The summed E-state index contributed by atoms with van der Waals surface area (Å²) in [5, 5.41) is 3.79. The van der Waals surface area contributed by atoms with Gasteiger partial charge in [0.05, 0.1) is 11.7 Å².